The Kier molecular flexibility index (Phi) is 4.15. The Hall–Kier alpha value is -2.67. The van der Waals surface area contributed by atoms with Crippen LogP contribution < -0.4 is 10.1 Å². The third-order valence-corrected chi connectivity index (χ3v) is 3.58. The van der Waals surface area contributed by atoms with Gasteiger partial charge in [0.15, 0.2) is 11.7 Å². The van der Waals surface area contributed by atoms with Crippen LogP contribution in [0.3, 0.4) is 0 Å². The molecule has 0 unspecified atom stereocenters. The van der Waals surface area contributed by atoms with E-state index in [4.69, 9.17) is 4.74 Å². The molecule has 2 aromatic heterocycles. The van der Waals surface area contributed by atoms with E-state index in [2.05, 4.69) is 15.4 Å². The maximum Gasteiger partial charge on any atom is 0.264 e. The molecule has 1 aromatic carbocycles. The molecule has 1 N–H and O–H groups in total. The van der Waals surface area contributed by atoms with Gasteiger partial charge in [-0.15, -0.1) is 16.4 Å². The Bertz CT molecular complexity index is 753. The van der Waals surface area contributed by atoms with E-state index in [9.17, 15) is 4.79 Å². The zero-order chi connectivity index (χ0) is 15.4. The van der Waals surface area contributed by atoms with Crippen LogP contribution in [-0.4, -0.2) is 27.3 Å². The molecule has 0 atom stereocenters. The number of para-hydroxylation sites is 1. The second-order valence-corrected chi connectivity index (χ2v) is 5.47. The van der Waals surface area contributed by atoms with E-state index in [1.165, 1.54) is 11.3 Å². The number of aryl methyl sites for hydroxylation is 1. The number of hydrogen-bond donors (Lipinski definition) is 1. The van der Waals surface area contributed by atoms with Gasteiger partial charge in [-0.05, 0) is 19.1 Å². The molecule has 2 heterocycles. The number of hydrogen-bond acceptors (Lipinski definition) is 5. The molecule has 0 aliphatic heterocycles. The topological polar surface area (TPSA) is 69.0 Å². The Morgan fingerprint density at radius 2 is 2.18 bits per heavy atom. The average molecular weight is 314 g/mol. The molecule has 6 nitrogen and oxygen atoms in total. The van der Waals surface area contributed by atoms with Crippen LogP contribution in [0.2, 0.25) is 0 Å². The first-order valence-electron chi connectivity index (χ1n) is 6.66. The van der Waals surface area contributed by atoms with Gasteiger partial charge in [-0.2, -0.15) is 0 Å². The molecule has 0 radical (unpaired) electrons. The van der Waals surface area contributed by atoms with Crippen molar-refractivity contribution in [3.05, 3.63) is 53.7 Å². The third kappa shape index (κ3) is 3.32. The first-order valence-corrected chi connectivity index (χ1v) is 7.54. The first kappa shape index (κ1) is 14.3. The minimum absolute atomic E-state index is 0.105. The molecule has 0 spiro atoms. The lowest BCUT2D eigenvalue weighted by molar-refractivity contribution is -0.118. The fourth-order valence-corrected chi connectivity index (χ4v) is 2.42. The number of ether oxygens (including phenoxy) is 1. The second kappa shape index (κ2) is 6.40. The van der Waals surface area contributed by atoms with Crippen LogP contribution in [0.5, 0.6) is 5.88 Å². The van der Waals surface area contributed by atoms with Gasteiger partial charge in [0, 0.05) is 23.3 Å². The Morgan fingerprint density at radius 1 is 1.36 bits per heavy atom. The number of carbonyl (C=O) groups excluding carboxylic acids is 1. The molecule has 1 amide bonds. The lowest BCUT2D eigenvalue weighted by Gasteiger charge is -2.04. The first-order chi connectivity index (χ1) is 10.7. The maximum atomic E-state index is 11.8. The highest BCUT2D eigenvalue weighted by atomic mass is 32.1. The van der Waals surface area contributed by atoms with Crippen molar-refractivity contribution < 1.29 is 9.53 Å². The molecule has 22 heavy (non-hydrogen) atoms. The summed E-state index contributed by atoms with van der Waals surface area (Å²) >= 11 is 1.36. The molecule has 3 rings (SSSR count). The van der Waals surface area contributed by atoms with E-state index in [-0.39, 0.29) is 12.5 Å². The van der Waals surface area contributed by atoms with Gasteiger partial charge >= 0.3 is 0 Å². The van der Waals surface area contributed by atoms with Gasteiger partial charge in [-0.25, -0.2) is 9.67 Å². The Morgan fingerprint density at radius 3 is 2.91 bits per heavy atom. The highest BCUT2D eigenvalue weighted by Crippen LogP contribution is 2.18. The number of amides is 1. The van der Waals surface area contributed by atoms with Crippen LogP contribution in [0, 0.1) is 6.92 Å². The molecule has 0 saturated carbocycles. The number of benzene rings is 1. The number of aromatic nitrogens is 3. The number of nitrogens with zero attached hydrogens (tertiary/aromatic N) is 3. The maximum absolute atomic E-state index is 11.8. The molecule has 0 aliphatic carbocycles. The molecule has 0 fully saturated rings. The van der Waals surface area contributed by atoms with E-state index in [1.54, 1.807) is 16.3 Å². The zero-order valence-corrected chi connectivity index (χ0v) is 12.7. The van der Waals surface area contributed by atoms with Crippen molar-refractivity contribution in [2.24, 2.45) is 0 Å². The number of anilines is 1. The molecule has 3 aromatic rings. The summed E-state index contributed by atoms with van der Waals surface area (Å²) < 4.78 is 7.21. The van der Waals surface area contributed by atoms with Crippen LogP contribution in [0.15, 0.2) is 48.1 Å². The lowest BCUT2D eigenvalue weighted by Crippen LogP contribution is -2.20. The highest BCUT2D eigenvalue weighted by molar-refractivity contribution is 7.13. The molecule has 0 aliphatic rings. The van der Waals surface area contributed by atoms with Gasteiger partial charge in [0.25, 0.3) is 5.91 Å². The smallest absolute Gasteiger partial charge is 0.264 e. The van der Waals surface area contributed by atoms with E-state index in [0.717, 1.165) is 11.3 Å². The van der Waals surface area contributed by atoms with Gasteiger partial charge in [-0.3, -0.25) is 10.1 Å². The highest BCUT2D eigenvalue weighted by Gasteiger charge is 2.10. The minimum atomic E-state index is -0.261. The van der Waals surface area contributed by atoms with Crippen LogP contribution in [0.4, 0.5) is 5.13 Å². The van der Waals surface area contributed by atoms with Gasteiger partial charge in [0.2, 0.25) is 5.88 Å². The molecule has 0 bridgehead atoms. The Balaban J connectivity index is 1.63. The van der Waals surface area contributed by atoms with E-state index >= 15 is 0 Å². The molecular weight excluding hydrogens is 300 g/mol. The molecule has 0 saturated heterocycles. The van der Waals surface area contributed by atoms with Crippen molar-refractivity contribution in [3.63, 3.8) is 0 Å². The fourth-order valence-electron chi connectivity index (χ4n) is 1.87. The van der Waals surface area contributed by atoms with Crippen molar-refractivity contribution in [2.45, 2.75) is 6.92 Å². The number of nitrogens with one attached hydrogen (secondary N) is 1. The Labute approximate surface area is 131 Å². The summed E-state index contributed by atoms with van der Waals surface area (Å²) in [6.07, 6.45) is 3.50. The van der Waals surface area contributed by atoms with Crippen LogP contribution in [0.25, 0.3) is 5.69 Å². The predicted molar refractivity (Wildman–Crippen MR) is 84.5 cm³/mol. The largest absolute Gasteiger partial charge is 0.466 e. The van der Waals surface area contributed by atoms with Crippen LogP contribution in [-0.2, 0) is 4.79 Å². The number of thiazole rings is 1. The summed E-state index contributed by atoms with van der Waals surface area (Å²) in [6, 6.07) is 9.72. The average Bonchev–Trinajstić information content (AvgIpc) is 3.16. The molecular formula is C15H14N4O2S. The summed E-state index contributed by atoms with van der Waals surface area (Å²) in [4.78, 5) is 15.8. The van der Waals surface area contributed by atoms with Crippen molar-refractivity contribution in [1.29, 1.82) is 0 Å². The predicted octanol–water partition coefficient (Wildman–Crippen LogP) is 2.65. The minimum Gasteiger partial charge on any atom is -0.466 e. The van der Waals surface area contributed by atoms with Gasteiger partial charge in [-0.1, -0.05) is 18.2 Å². The van der Waals surface area contributed by atoms with E-state index in [0.29, 0.717) is 11.0 Å². The molecule has 112 valence electrons. The number of carbonyl (C=O) groups is 1. The lowest BCUT2D eigenvalue weighted by atomic mass is 10.3. The van der Waals surface area contributed by atoms with Crippen molar-refractivity contribution in [3.8, 4) is 11.6 Å². The zero-order valence-electron chi connectivity index (χ0n) is 11.9. The van der Waals surface area contributed by atoms with Gasteiger partial charge in [0.1, 0.15) is 0 Å². The summed E-state index contributed by atoms with van der Waals surface area (Å²) in [5, 5.41) is 9.36. The van der Waals surface area contributed by atoms with Crippen LogP contribution >= 0.6 is 11.3 Å². The van der Waals surface area contributed by atoms with Crippen molar-refractivity contribution >= 4 is 22.4 Å². The third-order valence-electron chi connectivity index (χ3n) is 2.89. The fraction of sp³-hybridized carbons (Fsp3) is 0.133. The quantitative estimate of drug-likeness (QED) is 0.786. The van der Waals surface area contributed by atoms with E-state index < -0.39 is 0 Å². The van der Waals surface area contributed by atoms with Crippen LogP contribution in [0.1, 0.15) is 5.56 Å². The summed E-state index contributed by atoms with van der Waals surface area (Å²) in [6.45, 7) is 1.78. The molecule has 7 heteroatoms. The summed E-state index contributed by atoms with van der Waals surface area (Å²) in [5.41, 5.74) is 1.80. The standard InChI is InChI=1S/C15H14N4O2S/c1-11-9-19(12-5-3-2-4-6-12)18-14(11)21-10-13(20)17-15-16-7-8-22-15/h2-9H,10H2,1H3,(H,16,17,20). The normalized spacial score (nSPS) is 10.4. The van der Waals surface area contributed by atoms with Gasteiger partial charge in [0.05, 0.1) is 5.69 Å². The monoisotopic (exact) mass is 314 g/mol. The van der Waals surface area contributed by atoms with Crippen molar-refractivity contribution in [1.82, 2.24) is 14.8 Å². The van der Waals surface area contributed by atoms with E-state index in [1.807, 2.05) is 43.5 Å². The second-order valence-electron chi connectivity index (χ2n) is 4.57. The number of rotatable bonds is 5. The SMILES string of the molecule is Cc1cn(-c2ccccc2)nc1OCC(=O)Nc1nccs1. The summed E-state index contributed by atoms with van der Waals surface area (Å²) in [7, 11) is 0. The van der Waals surface area contributed by atoms with Crippen molar-refractivity contribution in [2.75, 3.05) is 11.9 Å². The van der Waals surface area contributed by atoms with Gasteiger partial charge < -0.3 is 4.74 Å². The summed E-state index contributed by atoms with van der Waals surface area (Å²) in [5.74, 6) is 0.182.